The minimum atomic E-state index is -0.624. The Labute approximate surface area is 190 Å². The fourth-order valence-electron chi connectivity index (χ4n) is 7.02. The molecule has 176 valence electrons. The zero-order valence-corrected chi connectivity index (χ0v) is 20.6. The summed E-state index contributed by atoms with van der Waals surface area (Å²) in [6, 6.07) is 0. The first-order valence-electron chi connectivity index (χ1n) is 12.5. The first-order chi connectivity index (χ1) is 14.4. The van der Waals surface area contributed by atoms with Gasteiger partial charge in [0.25, 0.3) is 0 Å². The molecule has 0 spiro atoms. The zero-order valence-electron chi connectivity index (χ0n) is 20.6. The Morgan fingerprint density at radius 1 is 1.13 bits per heavy atom. The number of allylic oxidation sites excluding steroid dienone is 3. The Morgan fingerprint density at radius 2 is 1.77 bits per heavy atom. The van der Waals surface area contributed by atoms with Crippen molar-refractivity contribution in [2.24, 2.45) is 22.7 Å². The molecular formula is C28H46O3. The van der Waals surface area contributed by atoms with E-state index in [2.05, 4.69) is 39.5 Å². The average molecular weight is 431 g/mol. The molecule has 1 unspecified atom stereocenters. The number of hydrogen-bond donors (Lipinski definition) is 3. The predicted octanol–water partition coefficient (Wildman–Crippen LogP) is 6.09. The van der Waals surface area contributed by atoms with Crippen molar-refractivity contribution >= 4 is 0 Å². The van der Waals surface area contributed by atoms with Crippen molar-refractivity contribution in [2.45, 2.75) is 117 Å². The van der Waals surface area contributed by atoms with Gasteiger partial charge in [-0.1, -0.05) is 63.5 Å². The van der Waals surface area contributed by atoms with E-state index in [1.807, 2.05) is 13.8 Å². The summed E-state index contributed by atoms with van der Waals surface area (Å²) in [5.41, 5.74) is 3.24. The number of hydrogen-bond acceptors (Lipinski definition) is 3. The van der Waals surface area contributed by atoms with Crippen molar-refractivity contribution < 1.29 is 15.3 Å². The third-order valence-electron chi connectivity index (χ3n) is 9.31. The lowest BCUT2D eigenvalue weighted by Crippen LogP contribution is -2.43. The van der Waals surface area contributed by atoms with Crippen LogP contribution < -0.4 is 0 Å². The molecule has 0 amide bonds. The summed E-state index contributed by atoms with van der Waals surface area (Å²) in [4.78, 5) is 0. The molecule has 3 fully saturated rings. The van der Waals surface area contributed by atoms with Gasteiger partial charge in [0.1, 0.15) is 0 Å². The molecule has 3 nitrogen and oxygen atoms in total. The average Bonchev–Trinajstić information content (AvgIpc) is 2.95. The van der Waals surface area contributed by atoms with Crippen molar-refractivity contribution in [2.75, 3.05) is 0 Å². The summed E-state index contributed by atoms with van der Waals surface area (Å²) in [7, 11) is 0. The van der Waals surface area contributed by atoms with Gasteiger partial charge >= 0.3 is 0 Å². The van der Waals surface area contributed by atoms with Crippen LogP contribution in [-0.2, 0) is 0 Å². The van der Waals surface area contributed by atoms with Gasteiger partial charge in [0.2, 0.25) is 0 Å². The fourth-order valence-corrected chi connectivity index (χ4v) is 7.02. The molecule has 0 saturated heterocycles. The minimum absolute atomic E-state index is 0.229. The lowest BCUT2D eigenvalue weighted by molar-refractivity contribution is 0.0299. The van der Waals surface area contributed by atoms with Crippen molar-refractivity contribution in [3.63, 3.8) is 0 Å². The Morgan fingerprint density at radius 3 is 2.39 bits per heavy atom. The van der Waals surface area contributed by atoms with Gasteiger partial charge < -0.3 is 15.3 Å². The van der Waals surface area contributed by atoms with E-state index >= 15 is 0 Å². The summed E-state index contributed by atoms with van der Waals surface area (Å²) in [6.07, 6.45) is 13.9. The number of aliphatic hydroxyl groups excluding tert-OH is 2. The first kappa shape index (κ1) is 24.7. The molecule has 3 heteroatoms. The van der Waals surface area contributed by atoms with Gasteiger partial charge in [-0.05, 0) is 93.5 Å². The highest BCUT2D eigenvalue weighted by Crippen LogP contribution is 2.67. The van der Waals surface area contributed by atoms with Gasteiger partial charge in [-0.3, -0.25) is 0 Å². The predicted molar refractivity (Wildman–Crippen MR) is 129 cm³/mol. The fraction of sp³-hybridized carbons (Fsp3) is 0.786. The zero-order chi connectivity index (χ0) is 23.0. The monoisotopic (exact) mass is 430 g/mol. The van der Waals surface area contributed by atoms with Crippen LogP contribution in [0, 0.1) is 22.7 Å². The molecule has 6 atom stereocenters. The highest BCUT2D eigenvalue weighted by atomic mass is 16.3. The van der Waals surface area contributed by atoms with Crippen LogP contribution in [-0.4, -0.2) is 33.1 Å². The van der Waals surface area contributed by atoms with Crippen LogP contribution >= 0.6 is 0 Å². The van der Waals surface area contributed by atoms with E-state index in [0.717, 1.165) is 30.8 Å². The van der Waals surface area contributed by atoms with Crippen molar-refractivity contribution in [1.82, 2.24) is 0 Å². The third-order valence-corrected chi connectivity index (χ3v) is 9.31. The van der Waals surface area contributed by atoms with Crippen molar-refractivity contribution in [3.05, 3.63) is 35.5 Å². The molecule has 0 radical (unpaired) electrons. The quantitative estimate of drug-likeness (QED) is 0.447. The first-order valence-corrected chi connectivity index (χ1v) is 12.5. The minimum Gasteiger partial charge on any atom is -0.390 e. The maximum absolute atomic E-state index is 10.2. The van der Waals surface area contributed by atoms with E-state index in [1.54, 1.807) is 5.57 Å². The van der Waals surface area contributed by atoms with E-state index in [1.165, 1.54) is 32.1 Å². The van der Waals surface area contributed by atoms with Gasteiger partial charge in [-0.15, -0.1) is 0 Å². The maximum atomic E-state index is 10.2. The lowest BCUT2D eigenvalue weighted by Gasteiger charge is -2.51. The molecule has 3 aliphatic rings. The van der Waals surface area contributed by atoms with Crippen molar-refractivity contribution in [3.8, 4) is 0 Å². The van der Waals surface area contributed by atoms with Crippen LogP contribution in [0.1, 0.15) is 98.8 Å². The van der Waals surface area contributed by atoms with Crippen molar-refractivity contribution in [1.29, 1.82) is 0 Å². The highest BCUT2D eigenvalue weighted by molar-refractivity contribution is 5.32. The molecule has 0 heterocycles. The van der Waals surface area contributed by atoms with Crippen LogP contribution in [0.4, 0.5) is 0 Å². The van der Waals surface area contributed by atoms with Crippen LogP contribution in [0.2, 0.25) is 0 Å². The van der Waals surface area contributed by atoms with E-state index in [4.69, 9.17) is 0 Å². The van der Waals surface area contributed by atoms with E-state index in [9.17, 15) is 15.3 Å². The second-order valence-electron chi connectivity index (χ2n) is 12.0. The molecule has 0 aliphatic heterocycles. The molecule has 31 heavy (non-hydrogen) atoms. The van der Waals surface area contributed by atoms with E-state index < -0.39 is 17.8 Å². The molecule has 3 saturated carbocycles. The number of fused-ring (bicyclic) bond motifs is 1. The van der Waals surface area contributed by atoms with Crippen LogP contribution in [0.5, 0.6) is 0 Å². The number of aliphatic hydroxyl groups is 3. The topological polar surface area (TPSA) is 60.7 Å². The Kier molecular flexibility index (Phi) is 7.30. The summed E-state index contributed by atoms with van der Waals surface area (Å²) in [6.45, 7) is 15.1. The molecule has 0 aromatic carbocycles. The second kappa shape index (κ2) is 9.15. The SMILES string of the molecule is C=C1[C@H](O)CC(=C/C=C2\CCC[C@]3(C)C([C@@H](C)CCCC(C)(C)O)CC[C@@]23C)C[C@H]1O. The van der Waals surface area contributed by atoms with Gasteiger partial charge in [0, 0.05) is 0 Å². The van der Waals surface area contributed by atoms with Crippen LogP contribution in [0.3, 0.4) is 0 Å². The molecule has 0 aromatic rings. The Bertz CT molecular complexity index is 711. The second-order valence-corrected chi connectivity index (χ2v) is 12.0. The standard InChI is InChI=1S/C28H46O3/c1-19(9-7-14-26(3,4)31)23-13-16-27(5)22(10-8-15-28(23,27)6)12-11-21-17-24(29)20(2)25(30)18-21/h11-12,19,23-25,29-31H,2,7-10,13-18H2,1,3-6H3/b22-12+/t19-,23?,24+,25+,27-,28+/m0/s1. The summed E-state index contributed by atoms with van der Waals surface area (Å²) < 4.78 is 0. The van der Waals surface area contributed by atoms with Crippen LogP contribution in [0.25, 0.3) is 0 Å². The lowest BCUT2D eigenvalue weighted by atomic mass is 9.53. The summed E-state index contributed by atoms with van der Waals surface area (Å²) in [5, 5.41) is 30.4. The van der Waals surface area contributed by atoms with Gasteiger partial charge in [-0.2, -0.15) is 0 Å². The normalized spacial score (nSPS) is 39.0. The molecular weight excluding hydrogens is 384 g/mol. The van der Waals surface area contributed by atoms with Crippen LogP contribution in [0.15, 0.2) is 35.5 Å². The Balaban J connectivity index is 1.74. The van der Waals surface area contributed by atoms with Gasteiger partial charge in [0.15, 0.2) is 0 Å². The molecule has 0 bridgehead atoms. The smallest absolute Gasteiger partial charge is 0.0809 e. The van der Waals surface area contributed by atoms with E-state index in [-0.39, 0.29) is 5.41 Å². The number of rotatable bonds is 6. The highest BCUT2D eigenvalue weighted by Gasteiger charge is 2.57. The molecule has 0 aromatic heterocycles. The third kappa shape index (κ3) is 5.04. The Hall–Kier alpha value is -0.900. The largest absolute Gasteiger partial charge is 0.390 e. The maximum Gasteiger partial charge on any atom is 0.0809 e. The summed E-state index contributed by atoms with van der Waals surface area (Å²) >= 11 is 0. The molecule has 3 aliphatic carbocycles. The van der Waals surface area contributed by atoms with Gasteiger partial charge in [0.05, 0.1) is 17.8 Å². The van der Waals surface area contributed by atoms with Gasteiger partial charge in [-0.25, -0.2) is 0 Å². The molecule has 3 rings (SSSR count). The van der Waals surface area contributed by atoms with E-state index in [0.29, 0.717) is 29.7 Å². The molecule has 3 N–H and O–H groups in total. The summed E-state index contributed by atoms with van der Waals surface area (Å²) in [5.74, 6) is 1.42.